The van der Waals surface area contributed by atoms with Gasteiger partial charge in [0.2, 0.25) is 5.95 Å². The number of rotatable bonds is 4. The van der Waals surface area contributed by atoms with Gasteiger partial charge in [-0.15, -0.1) is 0 Å². The van der Waals surface area contributed by atoms with E-state index in [1.807, 2.05) is 0 Å². The third-order valence-corrected chi connectivity index (χ3v) is 4.09. The van der Waals surface area contributed by atoms with E-state index in [0.717, 1.165) is 10.7 Å². The molecule has 5 nitrogen and oxygen atoms in total. The second-order valence-electron chi connectivity index (χ2n) is 5.72. The van der Waals surface area contributed by atoms with Gasteiger partial charge in [0.25, 0.3) is 5.91 Å². The molecule has 1 N–H and O–H groups in total. The molecule has 0 aliphatic heterocycles. The van der Waals surface area contributed by atoms with Crippen molar-refractivity contribution in [2.75, 3.05) is 5.32 Å². The number of benzene rings is 1. The largest absolute Gasteiger partial charge is 0.435 e. The number of pyridine rings is 1. The summed E-state index contributed by atoms with van der Waals surface area (Å²) < 4.78 is 54.2. The van der Waals surface area contributed by atoms with E-state index >= 15 is 0 Å². The van der Waals surface area contributed by atoms with Crippen molar-refractivity contribution in [3.05, 3.63) is 64.7 Å². The predicted octanol–water partition coefficient (Wildman–Crippen LogP) is 5.03. The number of carbonyl (C=O) groups excluding carboxylic acids is 1. The molecule has 0 bridgehead atoms. The highest BCUT2D eigenvalue weighted by atomic mass is 35.5. The number of halogens is 5. The van der Waals surface area contributed by atoms with Crippen molar-refractivity contribution < 1.29 is 22.4 Å². The van der Waals surface area contributed by atoms with Gasteiger partial charge in [0.15, 0.2) is 5.69 Å². The first-order chi connectivity index (χ1) is 13.2. The molecule has 10 heteroatoms. The molecule has 3 rings (SSSR count). The first kappa shape index (κ1) is 19.8. The summed E-state index contributed by atoms with van der Waals surface area (Å²) in [5, 5.41) is 6.33. The van der Waals surface area contributed by atoms with Gasteiger partial charge in [-0.25, -0.2) is 4.98 Å². The van der Waals surface area contributed by atoms with Gasteiger partial charge in [-0.2, -0.15) is 22.7 Å². The van der Waals surface area contributed by atoms with Crippen LogP contribution in [0.15, 0.2) is 42.5 Å². The zero-order valence-corrected chi connectivity index (χ0v) is 15.1. The van der Waals surface area contributed by atoms with Gasteiger partial charge in [-0.05, 0) is 49.4 Å². The number of aromatic nitrogens is 3. The Kier molecular flexibility index (Phi) is 5.37. The van der Waals surface area contributed by atoms with Crippen LogP contribution < -0.4 is 5.32 Å². The Labute approximate surface area is 162 Å². The first-order valence-electron chi connectivity index (χ1n) is 8.08. The molecule has 2 heterocycles. The van der Waals surface area contributed by atoms with Gasteiger partial charge in [-0.1, -0.05) is 11.6 Å². The number of hydrogen-bond acceptors (Lipinski definition) is 3. The van der Waals surface area contributed by atoms with E-state index in [1.165, 1.54) is 36.4 Å². The summed E-state index contributed by atoms with van der Waals surface area (Å²) in [4.78, 5) is 15.8. The molecule has 1 aromatic carbocycles. The highest BCUT2D eigenvalue weighted by molar-refractivity contribution is 6.30. The summed E-state index contributed by atoms with van der Waals surface area (Å²) in [6.45, 7) is 1.70. The number of hydrogen-bond donors (Lipinski definition) is 1. The second-order valence-corrected chi connectivity index (χ2v) is 6.16. The molecule has 0 aliphatic carbocycles. The molecule has 146 valence electrons. The van der Waals surface area contributed by atoms with E-state index in [0.29, 0.717) is 5.02 Å². The Balaban J connectivity index is 1.88. The molecule has 0 fully saturated rings. The van der Waals surface area contributed by atoms with Crippen molar-refractivity contribution in [3.8, 4) is 11.3 Å². The number of alkyl halides is 3. The quantitative estimate of drug-likeness (QED) is 0.483. The molecule has 0 unspecified atom stereocenters. The fraction of sp³-hybridized carbons (Fsp3) is 0.167. The van der Waals surface area contributed by atoms with E-state index in [9.17, 15) is 22.4 Å². The molecule has 0 radical (unpaired) electrons. The summed E-state index contributed by atoms with van der Waals surface area (Å²) in [7, 11) is 0. The zero-order valence-electron chi connectivity index (χ0n) is 14.4. The minimum absolute atomic E-state index is 0.0598. The van der Waals surface area contributed by atoms with Crippen LogP contribution in [0.5, 0.6) is 0 Å². The Morgan fingerprint density at radius 3 is 2.43 bits per heavy atom. The molecular formula is C18H13ClF4N4O. The van der Waals surface area contributed by atoms with Crippen LogP contribution >= 0.6 is 11.6 Å². The maximum Gasteiger partial charge on any atom is 0.435 e. The minimum atomic E-state index is -4.65. The maximum absolute atomic E-state index is 14.5. The van der Waals surface area contributed by atoms with Crippen LogP contribution in [0.25, 0.3) is 11.3 Å². The maximum atomic E-state index is 14.5. The lowest BCUT2D eigenvalue weighted by molar-refractivity contribution is -0.141. The van der Waals surface area contributed by atoms with Gasteiger partial charge in [0, 0.05) is 17.1 Å². The summed E-state index contributed by atoms with van der Waals surface area (Å²) >= 11 is 5.76. The van der Waals surface area contributed by atoms with Gasteiger partial charge in [0.05, 0.1) is 11.3 Å². The second kappa shape index (κ2) is 7.59. The van der Waals surface area contributed by atoms with E-state index in [4.69, 9.17) is 11.6 Å². The minimum Gasteiger partial charge on any atom is -0.306 e. The van der Waals surface area contributed by atoms with Crippen molar-refractivity contribution in [1.82, 2.24) is 14.8 Å². The van der Waals surface area contributed by atoms with Crippen molar-refractivity contribution in [1.29, 1.82) is 0 Å². The van der Waals surface area contributed by atoms with E-state index in [-0.39, 0.29) is 29.2 Å². The lowest BCUT2D eigenvalue weighted by Crippen LogP contribution is -2.13. The van der Waals surface area contributed by atoms with E-state index in [1.54, 1.807) is 6.92 Å². The molecule has 28 heavy (non-hydrogen) atoms. The highest BCUT2D eigenvalue weighted by Crippen LogP contribution is 2.32. The van der Waals surface area contributed by atoms with Crippen LogP contribution in [-0.4, -0.2) is 20.7 Å². The van der Waals surface area contributed by atoms with E-state index in [2.05, 4.69) is 15.4 Å². The number of amides is 1. The lowest BCUT2D eigenvalue weighted by Gasteiger charge is -2.08. The summed E-state index contributed by atoms with van der Waals surface area (Å²) in [5.74, 6) is -1.65. The molecule has 1 amide bonds. The van der Waals surface area contributed by atoms with Crippen LogP contribution in [0.3, 0.4) is 0 Å². The average molecular weight is 413 g/mol. The fourth-order valence-electron chi connectivity index (χ4n) is 2.50. The van der Waals surface area contributed by atoms with Crippen molar-refractivity contribution >= 4 is 23.3 Å². The standard InChI is InChI=1S/C18H13ClF4N4O/c1-2-27-13(9-14(26-27)18(21,22)23)12-7-8-15(24-16(12)20)25-17(28)10-3-5-11(19)6-4-10/h3-9H,2H2,1H3,(H,24,25,28). The number of nitrogens with zero attached hydrogens (tertiary/aromatic N) is 3. The Morgan fingerprint density at radius 1 is 1.18 bits per heavy atom. The molecular weight excluding hydrogens is 400 g/mol. The summed E-state index contributed by atoms with van der Waals surface area (Å²) in [6.07, 6.45) is -4.65. The summed E-state index contributed by atoms with van der Waals surface area (Å²) in [6, 6.07) is 9.32. The Bertz CT molecular complexity index is 1020. The zero-order chi connectivity index (χ0) is 20.5. The fourth-order valence-corrected chi connectivity index (χ4v) is 2.62. The monoisotopic (exact) mass is 412 g/mol. The van der Waals surface area contributed by atoms with Crippen molar-refractivity contribution in [2.45, 2.75) is 19.6 Å². The highest BCUT2D eigenvalue weighted by Gasteiger charge is 2.35. The SMILES string of the molecule is CCn1nc(C(F)(F)F)cc1-c1ccc(NC(=O)c2ccc(Cl)cc2)nc1F. The van der Waals surface area contributed by atoms with Crippen molar-refractivity contribution in [2.24, 2.45) is 0 Å². The smallest absolute Gasteiger partial charge is 0.306 e. The van der Waals surface area contributed by atoms with Gasteiger partial charge >= 0.3 is 6.18 Å². The number of aryl methyl sites for hydroxylation is 1. The topological polar surface area (TPSA) is 59.8 Å². The van der Waals surface area contributed by atoms with E-state index < -0.39 is 23.7 Å². The lowest BCUT2D eigenvalue weighted by atomic mass is 10.2. The van der Waals surface area contributed by atoms with Gasteiger partial charge < -0.3 is 5.32 Å². The predicted molar refractivity (Wildman–Crippen MR) is 95.5 cm³/mol. The van der Waals surface area contributed by atoms with Gasteiger partial charge in [0.1, 0.15) is 5.82 Å². The van der Waals surface area contributed by atoms with Gasteiger partial charge in [-0.3, -0.25) is 9.48 Å². The first-order valence-corrected chi connectivity index (χ1v) is 8.45. The third-order valence-electron chi connectivity index (χ3n) is 3.84. The van der Waals surface area contributed by atoms with Crippen LogP contribution in [0.1, 0.15) is 23.0 Å². The molecule has 2 aromatic heterocycles. The molecule has 0 saturated carbocycles. The number of anilines is 1. The Morgan fingerprint density at radius 2 is 1.86 bits per heavy atom. The van der Waals surface area contributed by atoms with Crippen LogP contribution in [0.4, 0.5) is 23.4 Å². The van der Waals surface area contributed by atoms with Crippen molar-refractivity contribution in [3.63, 3.8) is 0 Å². The summed E-state index contributed by atoms with van der Waals surface area (Å²) in [5.41, 5.74) is -1.05. The molecule has 0 saturated heterocycles. The average Bonchev–Trinajstić information content (AvgIpc) is 3.07. The normalized spacial score (nSPS) is 11.5. The van der Waals surface area contributed by atoms with Crippen LogP contribution in [0, 0.1) is 5.95 Å². The molecule has 0 spiro atoms. The number of carbonyl (C=O) groups is 1. The van der Waals surface area contributed by atoms with Crippen LogP contribution in [0.2, 0.25) is 5.02 Å². The van der Waals surface area contributed by atoms with Crippen LogP contribution in [-0.2, 0) is 12.7 Å². The number of nitrogens with one attached hydrogen (secondary N) is 1. The Hall–Kier alpha value is -2.94. The molecule has 0 aliphatic rings. The molecule has 3 aromatic rings. The molecule has 0 atom stereocenters. The third kappa shape index (κ3) is 4.14.